The van der Waals surface area contributed by atoms with Crippen molar-refractivity contribution in [1.29, 1.82) is 0 Å². The second-order valence-electron chi connectivity index (χ2n) is 8.67. The van der Waals surface area contributed by atoms with Crippen molar-refractivity contribution in [3.63, 3.8) is 0 Å². The van der Waals surface area contributed by atoms with Crippen molar-refractivity contribution >= 4 is 27.7 Å². The Kier molecular flexibility index (Phi) is 5.46. The van der Waals surface area contributed by atoms with E-state index in [1.165, 1.54) is 6.42 Å². The van der Waals surface area contributed by atoms with Crippen molar-refractivity contribution in [3.8, 4) is 0 Å². The highest BCUT2D eigenvalue weighted by atomic mass is 16.2. The number of piperidine rings is 1. The Morgan fingerprint density at radius 2 is 1.90 bits per heavy atom. The van der Waals surface area contributed by atoms with E-state index in [-0.39, 0.29) is 11.5 Å². The highest BCUT2D eigenvalue weighted by Gasteiger charge is 2.21. The van der Waals surface area contributed by atoms with Gasteiger partial charge in [-0.2, -0.15) is 0 Å². The monoisotopic (exact) mass is 394 g/mol. The van der Waals surface area contributed by atoms with E-state index in [1.54, 1.807) is 6.07 Å². The standard InChI is InChI=1S/C23H30N4O2/c1-15-11-16(2)14-27(13-15)10-6-9-24-23(29)20-12-18-21(26(20)3)17-7-4-5-8-19(17)25-22(18)28/h4-5,7-8,12,15-16H,6,9-11,13-14H2,1-3H3,(H,24,29)(H,25,28)/t15-,16-/m1/s1. The smallest absolute Gasteiger partial charge is 0.267 e. The predicted octanol–water partition coefficient (Wildman–Crippen LogP) is 3.12. The first-order valence-electron chi connectivity index (χ1n) is 10.5. The van der Waals surface area contributed by atoms with E-state index in [2.05, 4.69) is 29.0 Å². The molecular weight excluding hydrogens is 364 g/mol. The molecule has 6 nitrogen and oxygen atoms in total. The number of hydrogen-bond acceptors (Lipinski definition) is 3. The molecule has 29 heavy (non-hydrogen) atoms. The van der Waals surface area contributed by atoms with E-state index < -0.39 is 0 Å². The van der Waals surface area contributed by atoms with Gasteiger partial charge in [-0.25, -0.2) is 0 Å². The van der Waals surface area contributed by atoms with Crippen LogP contribution in [0.15, 0.2) is 35.1 Å². The third-order valence-corrected chi connectivity index (χ3v) is 6.02. The largest absolute Gasteiger partial charge is 0.351 e. The van der Waals surface area contributed by atoms with E-state index in [4.69, 9.17) is 0 Å². The van der Waals surface area contributed by atoms with Crippen LogP contribution in [0.5, 0.6) is 0 Å². The maximum absolute atomic E-state index is 12.8. The van der Waals surface area contributed by atoms with Crippen molar-refractivity contribution in [2.75, 3.05) is 26.2 Å². The lowest BCUT2D eigenvalue weighted by Crippen LogP contribution is -2.40. The number of aromatic amines is 1. The molecule has 1 aromatic carbocycles. The van der Waals surface area contributed by atoms with Crippen LogP contribution in [0.3, 0.4) is 0 Å². The third-order valence-electron chi connectivity index (χ3n) is 6.02. The van der Waals surface area contributed by atoms with Gasteiger partial charge in [-0.3, -0.25) is 9.59 Å². The van der Waals surface area contributed by atoms with Crippen LogP contribution in [0.25, 0.3) is 21.8 Å². The lowest BCUT2D eigenvalue weighted by molar-refractivity contribution is 0.0939. The molecule has 0 spiro atoms. The van der Waals surface area contributed by atoms with Crippen molar-refractivity contribution in [2.45, 2.75) is 26.7 Å². The number of likely N-dealkylation sites (tertiary alicyclic amines) is 1. The highest BCUT2D eigenvalue weighted by Crippen LogP contribution is 2.24. The number of carbonyl (C=O) groups is 1. The SMILES string of the molecule is C[C@@H]1C[C@@H](C)CN(CCCNC(=O)c2cc3c(=O)[nH]c4ccccc4c3n2C)C1. The first-order chi connectivity index (χ1) is 13.9. The van der Waals surface area contributed by atoms with Gasteiger partial charge < -0.3 is 19.8 Å². The summed E-state index contributed by atoms with van der Waals surface area (Å²) in [4.78, 5) is 30.7. The maximum atomic E-state index is 12.8. The number of H-pyrrole nitrogens is 1. The molecule has 2 N–H and O–H groups in total. The zero-order chi connectivity index (χ0) is 20.5. The highest BCUT2D eigenvalue weighted by molar-refractivity contribution is 6.07. The van der Waals surface area contributed by atoms with Crippen LogP contribution in [0.2, 0.25) is 0 Å². The molecule has 4 rings (SSSR count). The number of aromatic nitrogens is 2. The molecule has 1 aliphatic rings. The van der Waals surface area contributed by atoms with E-state index >= 15 is 0 Å². The Bertz CT molecular complexity index is 1090. The molecule has 2 aromatic heterocycles. The van der Waals surface area contributed by atoms with Crippen molar-refractivity contribution in [3.05, 3.63) is 46.4 Å². The summed E-state index contributed by atoms with van der Waals surface area (Å²) in [5.41, 5.74) is 1.93. The number of para-hydroxylation sites is 1. The average Bonchev–Trinajstić information content (AvgIpc) is 3.03. The molecule has 2 atom stereocenters. The summed E-state index contributed by atoms with van der Waals surface area (Å²) >= 11 is 0. The van der Waals surface area contributed by atoms with Gasteiger partial charge >= 0.3 is 0 Å². The minimum absolute atomic E-state index is 0.132. The minimum Gasteiger partial charge on any atom is -0.351 e. The van der Waals surface area contributed by atoms with Gasteiger partial charge in [0.25, 0.3) is 11.5 Å². The fourth-order valence-corrected chi connectivity index (χ4v) is 4.88. The van der Waals surface area contributed by atoms with Crippen LogP contribution < -0.4 is 10.9 Å². The minimum atomic E-state index is -0.165. The Hall–Kier alpha value is -2.60. The molecule has 0 radical (unpaired) electrons. The number of rotatable bonds is 5. The van der Waals surface area contributed by atoms with Crippen molar-refractivity contribution in [1.82, 2.24) is 19.8 Å². The Balaban J connectivity index is 1.45. The number of nitrogens with zero attached hydrogens (tertiary/aromatic N) is 2. The topological polar surface area (TPSA) is 70.1 Å². The molecule has 1 fully saturated rings. The summed E-state index contributed by atoms with van der Waals surface area (Å²) in [6, 6.07) is 9.38. The van der Waals surface area contributed by atoms with E-state index in [9.17, 15) is 9.59 Å². The molecule has 3 heterocycles. The number of pyridine rings is 1. The number of benzene rings is 1. The predicted molar refractivity (Wildman–Crippen MR) is 117 cm³/mol. The molecule has 3 aromatic rings. The van der Waals surface area contributed by atoms with Crippen LogP contribution in [0, 0.1) is 11.8 Å². The summed E-state index contributed by atoms with van der Waals surface area (Å²) in [6.45, 7) is 8.57. The van der Waals surface area contributed by atoms with Gasteiger partial charge in [0, 0.05) is 32.1 Å². The van der Waals surface area contributed by atoms with Crippen molar-refractivity contribution in [2.24, 2.45) is 18.9 Å². The van der Waals surface area contributed by atoms with Gasteiger partial charge in [-0.05, 0) is 43.4 Å². The normalized spacial score (nSPS) is 20.4. The molecule has 0 saturated carbocycles. The fraction of sp³-hybridized carbons (Fsp3) is 0.478. The molecule has 1 saturated heterocycles. The summed E-state index contributed by atoms with van der Waals surface area (Å²) in [7, 11) is 1.85. The summed E-state index contributed by atoms with van der Waals surface area (Å²) < 4.78 is 1.83. The van der Waals surface area contributed by atoms with Crippen LogP contribution in [0.4, 0.5) is 0 Å². The molecule has 154 valence electrons. The average molecular weight is 395 g/mol. The summed E-state index contributed by atoms with van der Waals surface area (Å²) in [5, 5.41) is 4.52. The van der Waals surface area contributed by atoms with Gasteiger partial charge in [0.05, 0.1) is 16.4 Å². The van der Waals surface area contributed by atoms with Crippen LogP contribution in [-0.4, -0.2) is 46.5 Å². The summed E-state index contributed by atoms with van der Waals surface area (Å²) in [5.74, 6) is 1.36. The molecule has 6 heteroatoms. The van der Waals surface area contributed by atoms with Crippen LogP contribution in [-0.2, 0) is 7.05 Å². The number of nitrogens with one attached hydrogen (secondary N) is 2. The van der Waals surface area contributed by atoms with Crippen LogP contribution >= 0.6 is 0 Å². The second-order valence-corrected chi connectivity index (χ2v) is 8.67. The lowest BCUT2D eigenvalue weighted by Gasteiger charge is -2.34. The van der Waals surface area contributed by atoms with Crippen LogP contribution in [0.1, 0.15) is 37.2 Å². The number of hydrogen-bond donors (Lipinski definition) is 2. The zero-order valence-electron chi connectivity index (χ0n) is 17.5. The van der Waals surface area contributed by atoms with Gasteiger partial charge in [0.15, 0.2) is 0 Å². The Labute approximate surface area is 170 Å². The number of aryl methyl sites for hydroxylation is 1. The molecule has 1 amide bonds. The van der Waals surface area contributed by atoms with Gasteiger partial charge in [-0.15, -0.1) is 0 Å². The lowest BCUT2D eigenvalue weighted by atomic mass is 9.92. The number of carbonyl (C=O) groups excluding carboxylic acids is 1. The van der Waals surface area contributed by atoms with E-state index in [0.29, 0.717) is 17.6 Å². The Morgan fingerprint density at radius 3 is 2.66 bits per heavy atom. The van der Waals surface area contributed by atoms with E-state index in [1.807, 2.05) is 35.9 Å². The first kappa shape index (κ1) is 19.7. The second kappa shape index (κ2) is 8.03. The zero-order valence-corrected chi connectivity index (χ0v) is 17.5. The molecule has 0 bridgehead atoms. The summed E-state index contributed by atoms with van der Waals surface area (Å²) in [6.07, 6.45) is 2.24. The third kappa shape index (κ3) is 3.94. The maximum Gasteiger partial charge on any atom is 0.267 e. The van der Waals surface area contributed by atoms with Gasteiger partial charge in [0.2, 0.25) is 0 Å². The Morgan fingerprint density at radius 1 is 1.17 bits per heavy atom. The quantitative estimate of drug-likeness (QED) is 0.653. The fourth-order valence-electron chi connectivity index (χ4n) is 4.88. The van der Waals surface area contributed by atoms with E-state index in [0.717, 1.165) is 54.3 Å². The van der Waals surface area contributed by atoms with Gasteiger partial charge in [0.1, 0.15) is 5.69 Å². The first-order valence-corrected chi connectivity index (χ1v) is 10.5. The van der Waals surface area contributed by atoms with Gasteiger partial charge in [-0.1, -0.05) is 32.0 Å². The molecule has 1 aliphatic heterocycles. The molecule has 0 aliphatic carbocycles. The molecule has 0 unspecified atom stereocenters. The number of fused-ring (bicyclic) bond motifs is 3. The number of amides is 1. The van der Waals surface area contributed by atoms with Crippen molar-refractivity contribution < 1.29 is 4.79 Å². The molecular formula is C23H30N4O2.